The predicted molar refractivity (Wildman–Crippen MR) is 68.8 cm³/mol. The molecule has 0 bridgehead atoms. The van der Waals surface area contributed by atoms with Crippen molar-refractivity contribution in [2.75, 3.05) is 26.4 Å². The Morgan fingerprint density at radius 1 is 1.41 bits per heavy atom. The van der Waals surface area contributed by atoms with Gasteiger partial charge in [0.1, 0.15) is 0 Å². The third-order valence-electron chi connectivity index (χ3n) is 2.08. The first-order valence-electron chi connectivity index (χ1n) is 5.48. The van der Waals surface area contributed by atoms with Crippen LogP contribution >= 0.6 is 11.8 Å². The Bertz CT molecular complexity index is 353. The van der Waals surface area contributed by atoms with E-state index >= 15 is 0 Å². The minimum atomic E-state index is 0.0651. The maximum atomic E-state index is 11.4. The molecule has 0 aliphatic heterocycles. The predicted octanol–water partition coefficient (Wildman–Crippen LogP) is 0.766. The Morgan fingerprint density at radius 3 is 2.59 bits per heavy atom. The molecule has 0 aliphatic rings. The molecule has 6 heteroatoms. The maximum absolute atomic E-state index is 11.4. The topological polar surface area (TPSA) is 58.1 Å². The summed E-state index contributed by atoms with van der Waals surface area (Å²) in [5.74, 6) is 0.440. The molecule has 0 aromatic carbocycles. The molecule has 0 atom stereocenters. The van der Waals surface area contributed by atoms with Crippen LogP contribution in [0.5, 0.6) is 0 Å². The van der Waals surface area contributed by atoms with Gasteiger partial charge >= 0.3 is 0 Å². The highest BCUT2D eigenvalue weighted by Crippen LogP contribution is 2.12. The van der Waals surface area contributed by atoms with Gasteiger partial charge in [0.15, 0.2) is 5.16 Å². The number of amides is 1. The maximum Gasteiger partial charge on any atom is 0.232 e. The van der Waals surface area contributed by atoms with Gasteiger partial charge in [0, 0.05) is 38.6 Å². The number of carbonyl (C=O) groups excluding carboxylic acids is 1. The van der Waals surface area contributed by atoms with Gasteiger partial charge < -0.3 is 10.2 Å². The van der Waals surface area contributed by atoms with Gasteiger partial charge in [-0.2, -0.15) is 0 Å². The monoisotopic (exact) mass is 254 g/mol. The lowest BCUT2D eigenvalue weighted by Crippen LogP contribution is -2.23. The summed E-state index contributed by atoms with van der Waals surface area (Å²) in [5.41, 5.74) is 1.05. The summed E-state index contributed by atoms with van der Waals surface area (Å²) < 4.78 is 0. The molecule has 0 saturated carbocycles. The Kier molecular flexibility index (Phi) is 5.93. The van der Waals surface area contributed by atoms with Gasteiger partial charge in [-0.3, -0.25) is 4.79 Å². The third-order valence-corrected chi connectivity index (χ3v) is 2.94. The largest absolute Gasteiger partial charge is 0.348 e. The molecule has 1 aromatic heterocycles. The lowest BCUT2D eigenvalue weighted by atomic mass is 10.3. The second kappa shape index (κ2) is 7.24. The Morgan fingerprint density at radius 2 is 2.06 bits per heavy atom. The van der Waals surface area contributed by atoms with E-state index in [0.717, 1.165) is 18.7 Å². The molecule has 0 radical (unpaired) electrons. The molecule has 0 unspecified atom stereocenters. The molecule has 0 spiro atoms. The van der Waals surface area contributed by atoms with Crippen LogP contribution in [0.1, 0.15) is 12.5 Å². The molecular formula is C11H18N4OS. The molecule has 0 aliphatic carbocycles. The van der Waals surface area contributed by atoms with Crippen LogP contribution in [0.4, 0.5) is 0 Å². The van der Waals surface area contributed by atoms with Crippen LogP contribution in [0.15, 0.2) is 17.6 Å². The Hall–Kier alpha value is -1.14. The highest BCUT2D eigenvalue weighted by atomic mass is 32.2. The van der Waals surface area contributed by atoms with Crippen molar-refractivity contribution >= 4 is 17.7 Å². The van der Waals surface area contributed by atoms with E-state index in [1.807, 2.05) is 0 Å². The molecule has 94 valence electrons. The number of nitrogens with one attached hydrogen (secondary N) is 1. The number of rotatable bonds is 6. The molecule has 17 heavy (non-hydrogen) atoms. The van der Waals surface area contributed by atoms with Gasteiger partial charge in [-0.25, -0.2) is 9.97 Å². The number of hydrogen-bond donors (Lipinski definition) is 1. The van der Waals surface area contributed by atoms with Gasteiger partial charge in [0.05, 0.1) is 5.75 Å². The first-order chi connectivity index (χ1) is 8.13. The second-order valence-electron chi connectivity index (χ2n) is 3.73. The van der Waals surface area contributed by atoms with E-state index in [1.54, 1.807) is 31.4 Å². The van der Waals surface area contributed by atoms with Crippen LogP contribution < -0.4 is 5.32 Å². The van der Waals surface area contributed by atoms with E-state index < -0.39 is 0 Å². The van der Waals surface area contributed by atoms with Gasteiger partial charge in [-0.05, 0) is 6.54 Å². The van der Waals surface area contributed by atoms with Gasteiger partial charge in [0.25, 0.3) is 0 Å². The minimum Gasteiger partial charge on any atom is -0.348 e. The molecule has 1 heterocycles. The number of thioether (sulfide) groups is 1. The fraction of sp³-hybridized carbons (Fsp3) is 0.545. The highest BCUT2D eigenvalue weighted by Gasteiger charge is 2.06. The molecule has 1 N–H and O–H groups in total. The van der Waals surface area contributed by atoms with E-state index in [0.29, 0.717) is 10.9 Å². The summed E-state index contributed by atoms with van der Waals surface area (Å²) in [6, 6.07) is 0. The Labute approximate surface area is 106 Å². The zero-order chi connectivity index (χ0) is 12.7. The smallest absolute Gasteiger partial charge is 0.232 e. The van der Waals surface area contributed by atoms with E-state index in [-0.39, 0.29) is 5.91 Å². The minimum absolute atomic E-state index is 0.0651. The van der Waals surface area contributed by atoms with Crippen molar-refractivity contribution in [3.8, 4) is 0 Å². The fourth-order valence-corrected chi connectivity index (χ4v) is 1.80. The standard InChI is InChI=1S/C11H18N4OS/c1-4-12-5-9-6-13-11(14-7-9)17-8-10(16)15(2)3/h6-7,12H,4-5,8H2,1-3H3. The first-order valence-corrected chi connectivity index (χ1v) is 6.46. The van der Waals surface area contributed by atoms with Crippen LogP contribution in [0, 0.1) is 0 Å². The number of aromatic nitrogens is 2. The summed E-state index contributed by atoms with van der Waals surface area (Å²) in [5, 5.41) is 3.84. The highest BCUT2D eigenvalue weighted by molar-refractivity contribution is 7.99. The fourth-order valence-electron chi connectivity index (χ4n) is 1.03. The normalized spacial score (nSPS) is 10.3. The molecule has 1 aromatic rings. The average molecular weight is 254 g/mol. The van der Waals surface area contributed by atoms with Crippen LogP contribution in [-0.4, -0.2) is 47.2 Å². The van der Waals surface area contributed by atoms with Gasteiger partial charge in [-0.15, -0.1) is 0 Å². The summed E-state index contributed by atoms with van der Waals surface area (Å²) in [7, 11) is 3.48. The van der Waals surface area contributed by atoms with Crippen LogP contribution in [0.2, 0.25) is 0 Å². The number of hydrogen-bond acceptors (Lipinski definition) is 5. The summed E-state index contributed by atoms with van der Waals surface area (Å²) >= 11 is 1.36. The van der Waals surface area contributed by atoms with E-state index in [4.69, 9.17) is 0 Å². The summed E-state index contributed by atoms with van der Waals surface area (Å²) in [4.78, 5) is 21.3. The first kappa shape index (κ1) is 13.9. The summed E-state index contributed by atoms with van der Waals surface area (Å²) in [6.07, 6.45) is 3.58. The van der Waals surface area contributed by atoms with E-state index in [2.05, 4.69) is 22.2 Å². The van der Waals surface area contributed by atoms with Crippen LogP contribution in [0.3, 0.4) is 0 Å². The van der Waals surface area contributed by atoms with Crippen molar-refractivity contribution in [2.24, 2.45) is 0 Å². The van der Waals surface area contributed by atoms with Crippen molar-refractivity contribution in [3.05, 3.63) is 18.0 Å². The molecule has 0 fully saturated rings. The molecule has 5 nitrogen and oxygen atoms in total. The zero-order valence-electron chi connectivity index (χ0n) is 10.4. The lowest BCUT2D eigenvalue weighted by Gasteiger charge is -2.08. The molecule has 0 saturated heterocycles. The van der Waals surface area contributed by atoms with Crippen molar-refractivity contribution in [2.45, 2.75) is 18.6 Å². The molecular weight excluding hydrogens is 236 g/mol. The quantitative estimate of drug-likeness (QED) is 0.600. The molecule has 1 amide bonds. The van der Waals surface area contributed by atoms with Crippen LogP contribution in [-0.2, 0) is 11.3 Å². The van der Waals surface area contributed by atoms with Gasteiger partial charge in [-0.1, -0.05) is 18.7 Å². The van der Waals surface area contributed by atoms with Crippen molar-refractivity contribution in [3.63, 3.8) is 0 Å². The number of carbonyl (C=O) groups is 1. The van der Waals surface area contributed by atoms with Crippen LogP contribution in [0.25, 0.3) is 0 Å². The SMILES string of the molecule is CCNCc1cnc(SCC(=O)N(C)C)nc1. The van der Waals surface area contributed by atoms with E-state index in [1.165, 1.54) is 11.8 Å². The van der Waals surface area contributed by atoms with Crippen molar-refractivity contribution in [1.29, 1.82) is 0 Å². The van der Waals surface area contributed by atoms with Crippen molar-refractivity contribution in [1.82, 2.24) is 20.2 Å². The summed E-state index contributed by atoms with van der Waals surface area (Å²) in [6.45, 7) is 3.75. The third kappa shape index (κ3) is 5.14. The Balaban J connectivity index is 2.42. The van der Waals surface area contributed by atoms with Gasteiger partial charge in [0.2, 0.25) is 5.91 Å². The average Bonchev–Trinajstić information content (AvgIpc) is 2.34. The molecule has 1 rings (SSSR count). The number of nitrogens with zero attached hydrogens (tertiary/aromatic N) is 3. The van der Waals surface area contributed by atoms with Crippen molar-refractivity contribution < 1.29 is 4.79 Å². The van der Waals surface area contributed by atoms with E-state index in [9.17, 15) is 4.79 Å². The second-order valence-corrected chi connectivity index (χ2v) is 4.67. The zero-order valence-corrected chi connectivity index (χ0v) is 11.3. The lowest BCUT2D eigenvalue weighted by molar-refractivity contribution is -0.125.